The van der Waals surface area contributed by atoms with Crippen LogP contribution in [0.15, 0.2) is 53.1 Å². The standard InChI is InChI=1S/C20H21N3O2/c1-22-19-11-5-10-17(19)18(21-22)14-23(13-16-9-6-12-25-16)20(24)15-7-3-2-4-8-15/h2-4,6-9,12H,5,10-11,13-14H2,1H3. The average molecular weight is 335 g/mol. The minimum absolute atomic E-state index is 0.00519. The van der Waals surface area contributed by atoms with Crippen LogP contribution in [0, 0.1) is 0 Å². The maximum absolute atomic E-state index is 13.0. The fraction of sp³-hybridized carbons (Fsp3) is 0.300. The van der Waals surface area contributed by atoms with Crippen LogP contribution in [0.4, 0.5) is 0 Å². The van der Waals surface area contributed by atoms with Crippen LogP contribution in [0.2, 0.25) is 0 Å². The second-order valence-corrected chi connectivity index (χ2v) is 6.46. The van der Waals surface area contributed by atoms with Gasteiger partial charge in [0, 0.05) is 18.3 Å². The molecule has 1 aromatic carbocycles. The number of fused-ring (bicyclic) bond motifs is 1. The van der Waals surface area contributed by atoms with Gasteiger partial charge in [0.15, 0.2) is 0 Å². The normalized spacial score (nSPS) is 13.0. The minimum Gasteiger partial charge on any atom is -0.467 e. The van der Waals surface area contributed by atoms with Gasteiger partial charge in [0.2, 0.25) is 0 Å². The Morgan fingerprint density at radius 1 is 1.16 bits per heavy atom. The van der Waals surface area contributed by atoms with Crippen LogP contribution in [0.1, 0.15) is 39.5 Å². The molecule has 0 fully saturated rings. The Morgan fingerprint density at radius 3 is 2.76 bits per heavy atom. The van der Waals surface area contributed by atoms with E-state index in [1.807, 2.05) is 59.1 Å². The summed E-state index contributed by atoms with van der Waals surface area (Å²) in [5.41, 5.74) is 4.31. The average Bonchev–Trinajstić information content (AvgIpc) is 3.36. The molecule has 2 aromatic heterocycles. The van der Waals surface area contributed by atoms with Crippen molar-refractivity contribution in [3.63, 3.8) is 0 Å². The summed E-state index contributed by atoms with van der Waals surface area (Å²) in [4.78, 5) is 14.8. The number of furan rings is 1. The predicted octanol–water partition coefficient (Wildman–Crippen LogP) is 3.34. The SMILES string of the molecule is Cn1nc(CN(Cc2ccco2)C(=O)c2ccccc2)c2c1CCC2. The van der Waals surface area contributed by atoms with Gasteiger partial charge >= 0.3 is 0 Å². The summed E-state index contributed by atoms with van der Waals surface area (Å²) in [6.45, 7) is 0.934. The lowest BCUT2D eigenvalue weighted by molar-refractivity contribution is 0.0714. The lowest BCUT2D eigenvalue weighted by atomic mass is 10.1. The number of hydrogen-bond acceptors (Lipinski definition) is 3. The number of amides is 1. The second kappa shape index (κ2) is 6.59. The summed E-state index contributed by atoms with van der Waals surface area (Å²) in [6.07, 6.45) is 4.92. The van der Waals surface area contributed by atoms with Crippen LogP contribution >= 0.6 is 0 Å². The largest absolute Gasteiger partial charge is 0.467 e. The molecule has 5 nitrogen and oxygen atoms in total. The highest BCUT2D eigenvalue weighted by Crippen LogP contribution is 2.26. The van der Waals surface area contributed by atoms with E-state index in [1.165, 1.54) is 17.7 Å². The molecule has 3 aromatic rings. The number of aromatic nitrogens is 2. The van der Waals surface area contributed by atoms with E-state index in [0.29, 0.717) is 18.7 Å². The molecular formula is C20H21N3O2. The van der Waals surface area contributed by atoms with E-state index in [2.05, 4.69) is 5.10 Å². The van der Waals surface area contributed by atoms with Gasteiger partial charge in [-0.2, -0.15) is 5.10 Å². The topological polar surface area (TPSA) is 51.3 Å². The summed E-state index contributed by atoms with van der Waals surface area (Å²) in [6, 6.07) is 13.1. The van der Waals surface area contributed by atoms with Crippen molar-refractivity contribution in [2.24, 2.45) is 7.05 Å². The molecule has 4 rings (SSSR count). The first-order valence-electron chi connectivity index (χ1n) is 8.62. The van der Waals surface area contributed by atoms with Crippen molar-refractivity contribution in [1.29, 1.82) is 0 Å². The highest BCUT2D eigenvalue weighted by molar-refractivity contribution is 5.94. The molecule has 1 amide bonds. The van der Waals surface area contributed by atoms with Crippen LogP contribution in [-0.2, 0) is 33.0 Å². The van der Waals surface area contributed by atoms with Crippen LogP contribution in [0.5, 0.6) is 0 Å². The molecule has 2 heterocycles. The summed E-state index contributed by atoms with van der Waals surface area (Å²) in [7, 11) is 1.99. The Kier molecular flexibility index (Phi) is 4.14. The molecule has 128 valence electrons. The first-order valence-corrected chi connectivity index (χ1v) is 8.62. The first-order chi connectivity index (χ1) is 12.2. The molecule has 0 bridgehead atoms. The smallest absolute Gasteiger partial charge is 0.254 e. The molecule has 0 spiro atoms. The molecule has 1 aliphatic carbocycles. The molecule has 0 saturated heterocycles. The number of nitrogens with zero attached hydrogens (tertiary/aromatic N) is 3. The van der Waals surface area contributed by atoms with Gasteiger partial charge in [-0.05, 0) is 49.1 Å². The van der Waals surface area contributed by atoms with Crippen LogP contribution < -0.4 is 0 Å². The summed E-state index contributed by atoms with van der Waals surface area (Å²) >= 11 is 0. The quantitative estimate of drug-likeness (QED) is 0.718. The third-order valence-corrected chi connectivity index (χ3v) is 4.77. The lowest BCUT2D eigenvalue weighted by Crippen LogP contribution is -2.30. The fourth-order valence-corrected chi connectivity index (χ4v) is 3.56. The highest BCUT2D eigenvalue weighted by atomic mass is 16.3. The van der Waals surface area contributed by atoms with Crippen molar-refractivity contribution in [3.8, 4) is 0 Å². The Labute approximate surface area is 146 Å². The van der Waals surface area contributed by atoms with Gasteiger partial charge in [0.1, 0.15) is 5.76 Å². The van der Waals surface area contributed by atoms with E-state index in [1.54, 1.807) is 6.26 Å². The van der Waals surface area contributed by atoms with Crippen molar-refractivity contribution in [2.45, 2.75) is 32.4 Å². The molecule has 1 aliphatic rings. The molecule has 0 aliphatic heterocycles. The second-order valence-electron chi connectivity index (χ2n) is 6.46. The molecule has 0 N–H and O–H groups in total. The van der Waals surface area contributed by atoms with Gasteiger partial charge in [-0.25, -0.2) is 0 Å². The maximum atomic E-state index is 13.0. The predicted molar refractivity (Wildman–Crippen MR) is 94.0 cm³/mol. The number of carbonyl (C=O) groups excluding carboxylic acids is 1. The number of hydrogen-bond donors (Lipinski definition) is 0. The van der Waals surface area contributed by atoms with Gasteiger partial charge in [-0.3, -0.25) is 9.48 Å². The van der Waals surface area contributed by atoms with E-state index in [9.17, 15) is 4.79 Å². The molecular weight excluding hydrogens is 314 g/mol. The number of rotatable bonds is 5. The number of benzene rings is 1. The Hall–Kier alpha value is -2.82. The van der Waals surface area contributed by atoms with Crippen LogP contribution in [0.25, 0.3) is 0 Å². The third-order valence-electron chi connectivity index (χ3n) is 4.77. The van der Waals surface area contributed by atoms with Gasteiger partial charge in [-0.15, -0.1) is 0 Å². The van der Waals surface area contributed by atoms with E-state index in [4.69, 9.17) is 4.42 Å². The maximum Gasteiger partial charge on any atom is 0.254 e. The van der Waals surface area contributed by atoms with Crippen LogP contribution in [0.3, 0.4) is 0 Å². The summed E-state index contributed by atoms with van der Waals surface area (Å²) in [5.74, 6) is 0.770. The fourth-order valence-electron chi connectivity index (χ4n) is 3.56. The monoisotopic (exact) mass is 335 g/mol. The molecule has 0 saturated carbocycles. The van der Waals surface area contributed by atoms with Crippen molar-refractivity contribution in [2.75, 3.05) is 0 Å². The van der Waals surface area contributed by atoms with Crippen molar-refractivity contribution in [1.82, 2.24) is 14.7 Å². The summed E-state index contributed by atoms with van der Waals surface area (Å²) in [5, 5.41) is 4.67. The zero-order valence-electron chi connectivity index (χ0n) is 14.3. The van der Waals surface area contributed by atoms with Gasteiger partial charge in [-0.1, -0.05) is 18.2 Å². The zero-order chi connectivity index (χ0) is 17.2. The van der Waals surface area contributed by atoms with Crippen molar-refractivity contribution >= 4 is 5.91 Å². The van der Waals surface area contributed by atoms with Crippen molar-refractivity contribution < 1.29 is 9.21 Å². The Balaban J connectivity index is 1.64. The molecule has 5 heteroatoms. The minimum atomic E-state index is -0.00519. The number of aryl methyl sites for hydroxylation is 1. The third kappa shape index (κ3) is 3.09. The van der Waals surface area contributed by atoms with Gasteiger partial charge < -0.3 is 9.32 Å². The Morgan fingerprint density at radius 2 is 2.00 bits per heavy atom. The number of carbonyl (C=O) groups is 1. The van der Waals surface area contributed by atoms with Crippen molar-refractivity contribution in [3.05, 3.63) is 77.0 Å². The first kappa shape index (κ1) is 15.7. The molecule has 0 radical (unpaired) electrons. The van der Waals surface area contributed by atoms with E-state index < -0.39 is 0 Å². The zero-order valence-corrected chi connectivity index (χ0v) is 14.3. The van der Waals surface area contributed by atoms with Gasteiger partial charge in [0.25, 0.3) is 5.91 Å². The van der Waals surface area contributed by atoms with Gasteiger partial charge in [0.05, 0.1) is 25.0 Å². The highest BCUT2D eigenvalue weighted by Gasteiger charge is 2.25. The van der Waals surface area contributed by atoms with E-state index in [-0.39, 0.29) is 5.91 Å². The lowest BCUT2D eigenvalue weighted by Gasteiger charge is -2.21. The molecule has 0 atom stereocenters. The summed E-state index contributed by atoms with van der Waals surface area (Å²) < 4.78 is 7.43. The Bertz CT molecular complexity index is 866. The van der Waals surface area contributed by atoms with E-state index in [0.717, 1.165) is 24.3 Å². The van der Waals surface area contributed by atoms with Crippen LogP contribution in [-0.4, -0.2) is 20.6 Å². The molecule has 0 unspecified atom stereocenters. The van der Waals surface area contributed by atoms with E-state index >= 15 is 0 Å². The molecule has 25 heavy (non-hydrogen) atoms.